The summed E-state index contributed by atoms with van der Waals surface area (Å²) in [5.41, 5.74) is -0.474. The van der Waals surface area contributed by atoms with Crippen LogP contribution >= 0.6 is 24.0 Å². The lowest BCUT2D eigenvalue weighted by molar-refractivity contribution is 0.0529. The molecule has 7 nitrogen and oxygen atoms in total. The molecule has 0 aromatic carbocycles. The molecule has 0 saturated carbocycles. The minimum absolute atomic E-state index is 0. The molecule has 0 aromatic heterocycles. The average Bonchev–Trinajstić information content (AvgIpc) is 2.55. The van der Waals surface area contributed by atoms with Gasteiger partial charge in [-0.15, -0.1) is 24.0 Å². The number of alkyl carbamates (subject to hydrolysis) is 1. The molecule has 160 valence electrons. The molecule has 1 aliphatic rings. The Morgan fingerprint density at radius 1 is 1.22 bits per heavy atom. The van der Waals surface area contributed by atoms with Crippen LogP contribution in [0.5, 0.6) is 0 Å². The quantitative estimate of drug-likeness (QED) is 0.218. The number of halogens is 1. The van der Waals surface area contributed by atoms with E-state index in [9.17, 15) is 4.79 Å². The summed E-state index contributed by atoms with van der Waals surface area (Å²) in [6.07, 6.45) is 2.10. The van der Waals surface area contributed by atoms with Crippen molar-refractivity contribution in [2.24, 2.45) is 10.9 Å². The molecule has 0 bridgehead atoms. The summed E-state index contributed by atoms with van der Waals surface area (Å²) < 4.78 is 5.22. The number of piperidine rings is 1. The van der Waals surface area contributed by atoms with Gasteiger partial charge < -0.3 is 25.6 Å². The van der Waals surface area contributed by atoms with Gasteiger partial charge in [0.05, 0.1) is 0 Å². The van der Waals surface area contributed by atoms with Gasteiger partial charge >= 0.3 is 6.09 Å². The van der Waals surface area contributed by atoms with Crippen LogP contribution in [0.1, 0.15) is 54.4 Å². The molecule has 1 rings (SSSR count). The summed E-state index contributed by atoms with van der Waals surface area (Å²) in [4.78, 5) is 18.9. The molecule has 3 N–H and O–H groups in total. The number of likely N-dealkylation sites (tertiary alicyclic amines) is 1. The normalized spacial score (nSPS) is 18.6. The molecule has 1 saturated heterocycles. The lowest BCUT2D eigenvalue weighted by atomic mass is 9.97. The van der Waals surface area contributed by atoms with E-state index in [1.807, 2.05) is 20.8 Å². The zero-order chi connectivity index (χ0) is 19.6. The Balaban J connectivity index is 0.00000676. The minimum atomic E-state index is -0.474. The van der Waals surface area contributed by atoms with E-state index in [4.69, 9.17) is 9.73 Å². The molecule has 1 amide bonds. The Bertz CT molecular complexity index is 452. The molecule has 1 aliphatic heterocycles. The van der Waals surface area contributed by atoms with Gasteiger partial charge in [-0.25, -0.2) is 4.79 Å². The van der Waals surface area contributed by atoms with Gasteiger partial charge in [-0.1, -0.05) is 0 Å². The molecule has 27 heavy (non-hydrogen) atoms. The van der Waals surface area contributed by atoms with Gasteiger partial charge in [0.2, 0.25) is 0 Å². The van der Waals surface area contributed by atoms with Crippen LogP contribution in [0.15, 0.2) is 4.99 Å². The van der Waals surface area contributed by atoms with Gasteiger partial charge in [0.15, 0.2) is 5.96 Å². The Morgan fingerprint density at radius 2 is 1.89 bits per heavy atom. The van der Waals surface area contributed by atoms with Crippen molar-refractivity contribution in [2.75, 3.05) is 39.3 Å². The molecule has 1 unspecified atom stereocenters. The van der Waals surface area contributed by atoms with Gasteiger partial charge in [-0.3, -0.25) is 4.99 Å². The van der Waals surface area contributed by atoms with Crippen molar-refractivity contribution in [1.29, 1.82) is 0 Å². The number of amides is 1. The molecule has 1 heterocycles. The minimum Gasteiger partial charge on any atom is -0.444 e. The highest BCUT2D eigenvalue weighted by Crippen LogP contribution is 2.18. The van der Waals surface area contributed by atoms with E-state index in [0.717, 1.165) is 25.6 Å². The Hall–Kier alpha value is -0.770. The van der Waals surface area contributed by atoms with Crippen LogP contribution in [0, 0.1) is 5.92 Å². The van der Waals surface area contributed by atoms with Gasteiger partial charge in [0, 0.05) is 38.8 Å². The maximum Gasteiger partial charge on any atom is 0.407 e. The molecular weight excluding hydrogens is 457 g/mol. The monoisotopic (exact) mass is 497 g/mol. The van der Waals surface area contributed by atoms with Crippen LogP contribution in [0.25, 0.3) is 0 Å². The fraction of sp³-hybridized carbons (Fsp3) is 0.895. The summed E-state index contributed by atoms with van der Waals surface area (Å²) in [7, 11) is 0. The number of nitrogens with one attached hydrogen (secondary N) is 3. The van der Waals surface area contributed by atoms with Crippen molar-refractivity contribution in [2.45, 2.75) is 66.0 Å². The number of nitrogens with zero attached hydrogens (tertiary/aromatic N) is 2. The zero-order valence-electron chi connectivity index (χ0n) is 17.9. The summed E-state index contributed by atoms with van der Waals surface area (Å²) >= 11 is 0. The number of guanidine groups is 1. The molecular formula is C19H40IN5O2. The second-order valence-corrected chi connectivity index (χ2v) is 8.17. The largest absolute Gasteiger partial charge is 0.444 e. The zero-order valence-corrected chi connectivity index (χ0v) is 20.3. The molecule has 1 atom stereocenters. The molecule has 1 fully saturated rings. The molecule has 8 heteroatoms. The van der Waals surface area contributed by atoms with E-state index in [0.29, 0.717) is 25.0 Å². The summed E-state index contributed by atoms with van der Waals surface area (Å²) in [5.74, 6) is 1.42. The third-order valence-electron chi connectivity index (χ3n) is 4.22. The highest BCUT2D eigenvalue weighted by Gasteiger charge is 2.21. The predicted molar refractivity (Wildman–Crippen MR) is 123 cm³/mol. The lowest BCUT2D eigenvalue weighted by Gasteiger charge is -2.34. The van der Waals surface area contributed by atoms with Crippen LogP contribution in [0.2, 0.25) is 0 Å². The summed E-state index contributed by atoms with van der Waals surface area (Å²) in [5, 5.41) is 9.28. The first-order valence-electron chi connectivity index (χ1n) is 9.94. The Morgan fingerprint density at radius 3 is 2.48 bits per heavy atom. The standard InChI is InChI=1S/C19H39N5O2.HI/c1-7-20-17(21-10-11-22-18(25)26-19(4,5)6)23-13-16-9-8-12-24(14-16)15(2)3;/h15-16H,7-14H2,1-6H3,(H,22,25)(H2,20,21,23);1H. The fourth-order valence-corrected chi connectivity index (χ4v) is 2.94. The summed E-state index contributed by atoms with van der Waals surface area (Å²) in [6, 6.07) is 0.604. The van der Waals surface area contributed by atoms with Gasteiger partial charge in [-0.05, 0) is 66.8 Å². The van der Waals surface area contributed by atoms with E-state index >= 15 is 0 Å². The van der Waals surface area contributed by atoms with Crippen LogP contribution in [-0.2, 0) is 4.74 Å². The highest BCUT2D eigenvalue weighted by molar-refractivity contribution is 14.0. The van der Waals surface area contributed by atoms with Crippen molar-refractivity contribution >= 4 is 36.0 Å². The molecule has 0 aliphatic carbocycles. The van der Waals surface area contributed by atoms with Crippen LogP contribution in [-0.4, -0.2) is 67.9 Å². The number of hydrogen-bond acceptors (Lipinski definition) is 4. The number of ether oxygens (including phenoxy) is 1. The lowest BCUT2D eigenvalue weighted by Crippen LogP contribution is -2.43. The Labute approximate surface area is 182 Å². The second kappa shape index (κ2) is 13.4. The predicted octanol–water partition coefficient (Wildman–Crippen LogP) is 2.80. The maximum absolute atomic E-state index is 11.6. The van der Waals surface area contributed by atoms with E-state index in [1.165, 1.54) is 19.4 Å². The van der Waals surface area contributed by atoms with E-state index in [1.54, 1.807) is 0 Å². The molecule has 0 radical (unpaired) electrons. The first-order chi connectivity index (χ1) is 12.2. The van der Waals surface area contributed by atoms with Crippen molar-refractivity contribution in [3.8, 4) is 0 Å². The smallest absolute Gasteiger partial charge is 0.407 e. The first-order valence-corrected chi connectivity index (χ1v) is 9.94. The summed E-state index contributed by atoms with van der Waals surface area (Å²) in [6.45, 7) is 17.2. The maximum atomic E-state index is 11.6. The number of carbonyl (C=O) groups is 1. The van der Waals surface area contributed by atoms with Crippen molar-refractivity contribution < 1.29 is 9.53 Å². The van der Waals surface area contributed by atoms with Crippen LogP contribution in [0.4, 0.5) is 4.79 Å². The van der Waals surface area contributed by atoms with Crippen LogP contribution < -0.4 is 16.0 Å². The molecule has 0 aromatic rings. The molecule has 0 spiro atoms. The van der Waals surface area contributed by atoms with Gasteiger partial charge in [0.25, 0.3) is 0 Å². The number of rotatable bonds is 7. The van der Waals surface area contributed by atoms with E-state index in [-0.39, 0.29) is 24.0 Å². The topological polar surface area (TPSA) is 78.0 Å². The third kappa shape index (κ3) is 12.3. The average molecular weight is 497 g/mol. The van der Waals surface area contributed by atoms with Gasteiger partial charge in [-0.2, -0.15) is 0 Å². The number of aliphatic imine (C=N–C) groups is 1. The fourth-order valence-electron chi connectivity index (χ4n) is 2.94. The third-order valence-corrected chi connectivity index (χ3v) is 4.22. The number of carbonyl (C=O) groups excluding carboxylic acids is 1. The van der Waals surface area contributed by atoms with Crippen molar-refractivity contribution in [3.63, 3.8) is 0 Å². The Kier molecular flexibility index (Phi) is 13.0. The van der Waals surface area contributed by atoms with Crippen LogP contribution in [0.3, 0.4) is 0 Å². The number of hydrogen-bond donors (Lipinski definition) is 3. The first kappa shape index (κ1) is 26.2. The van der Waals surface area contributed by atoms with Gasteiger partial charge in [0.1, 0.15) is 5.60 Å². The highest BCUT2D eigenvalue weighted by atomic mass is 127. The van der Waals surface area contributed by atoms with E-state index in [2.05, 4.69) is 41.6 Å². The SMILES string of the molecule is CCNC(=NCC1CCCN(C(C)C)C1)NCCNC(=O)OC(C)(C)C.I. The second-order valence-electron chi connectivity index (χ2n) is 8.17. The van der Waals surface area contributed by atoms with Crippen molar-refractivity contribution in [1.82, 2.24) is 20.9 Å². The van der Waals surface area contributed by atoms with Crippen molar-refractivity contribution in [3.05, 3.63) is 0 Å². The van der Waals surface area contributed by atoms with E-state index < -0.39 is 11.7 Å².